The third-order valence-corrected chi connectivity index (χ3v) is 9.22. The maximum absolute atomic E-state index is 9.54. The molecule has 0 saturated heterocycles. The maximum atomic E-state index is 9.54. The van der Waals surface area contributed by atoms with Crippen molar-refractivity contribution in [1.82, 2.24) is 10.1 Å². The first kappa shape index (κ1) is 21.7. The normalized spacial score (nSPS) is 13.7. The van der Waals surface area contributed by atoms with Gasteiger partial charge in [0.05, 0.1) is 18.8 Å². The van der Waals surface area contributed by atoms with Gasteiger partial charge in [0.15, 0.2) is 0 Å². The fourth-order valence-corrected chi connectivity index (χ4v) is 6.29. The number of halogens is 1. The Morgan fingerprint density at radius 2 is 2.07 bits per heavy atom. The third-order valence-electron chi connectivity index (χ3n) is 5.32. The summed E-state index contributed by atoms with van der Waals surface area (Å²) in [6, 6.07) is 11.8. The van der Waals surface area contributed by atoms with E-state index in [4.69, 9.17) is 21.9 Å². The summed E-state index contributed by atoms with van der Waals surface area (Å²) >= 11 is 5.79. The monoisotopic (exact) mass is 623 g/mol. The molecule has 0 aliphatic carbocycles. The Balaban J connectivity index is 1.64. The number of rotatable bonds is 7. The quantitative estimate of drug-likeness (QED) is 0.366. The third kappa shape index (κ3) is 4.12. The first-order chi connectivity index (χ1) is 14.5. The molecule has 0 unspecified atom stereocenters. The predicted octanol–water partition coefficient (Wildman–Crippen LogP) is 1.48. The molecule has 1 aliphatic heterocycles. The fourth-order valence-electron chi connectivity index (χ4n) is 3.65. The van der Waals surface area contributed by atoms with Crippen LogP contribution in [0.2, 0.25) is 9.61 Å². The van der Waals surface area contributed by atoms with Crippen molar-refractivity contribution in [2.75, 3.05) is 31.2 Å². The molecule has 1 aliphatic rings. The number of fused-ring (bicyclic) bond motifs is 1. The van der Waals surface area contributed by atoms with E-state index in [0.717, 1.165) is 40.4 Å². The number of nitrogens with zero attached hydrogens (tertiary/aromatic N) is 3. The van der Waals surface area contributed by atoms with Gasteiger partial charge >= 0.3 is 158 Å². The first-order valence-electron chi connectivity index (χ1n) is 9.53. The van der Waals surface area contributed by atoms with Crippen molar-refractivity contribution in [2.24, 2.45) is 5.73 Å². The topological polar surface area (TPSA) is 109 Å². The molecule has 4 rings (SSSR count). The number of anilines is 1. The summed E-state index contributed by atoms with van der Waals surface area (Å²) < 4.78 is 8.99. The van der Waals surface area contributed by atoms with Crippen molar-refractivity contribution in [1.29, 1.82) is 0 Å². The number of benzene rings is 2. The SMILES string of the molecule is [CH3][Po][c]1ccc(-c2nc(-c3cccc4c3CCN4CC(N)(CO)CO)no2)cc1Cl. The van der Waals surface area contributed by atoms with Gasteiger partial charge in [-0.05, 0) is 0 Å². The van der Waals surface area contributed by atoms with Gasteiger partial charge in [0, 0.05) is 0 Å². The molecule has 2 aromatic carbocycles. The van der Waals surface area contributed by atoms with Crippen molar-refractivity contribution in [3.63, 3.8) is 0 Å². The first-order valence-corrected chi connectivity index (χ1v) is 14.7. The van der Waals surface area contributed by atoms with Gasteiger partial charge in [-0.2, -0.15) is 0 Å². The zero-order valence-corrected chi connectivity index (χ0v) is 20.4. The second kappa shape index (κ2) is 8.90. The van der Waals surface area contributed by atoms with E-state index in [0.29, 0.717) is 18.3 Å². The molecule has 0 atom stereocenters. The zero-order chi connectivity index (χ0) is 21.3. The molecule has 0 fully saturated rings. The van der Waals surface area contributed by atoms with Gasteiger partial charge in [0.25, 0.3) is 0 Å². The molecule has 4 N–H and O–H groups in total. The minimum atomic E-state index is -1.05. The van der Waals surface area contributed by atoms with E-state index < -0.39 is 29.1 Å². The minimum absolute atomic E-state index is 0.286. The van der Waals surface area contributed by atoms with Gasteiger partial charge in [-0.1, -0.05) is 0 Å². The zero-order valence-electron chi connectivity index (χ0n) is 16.5. The Hall–Kier alpha value is -1.55. The Labute approximate surface area is 191 Å². The van der Waals surface area contributed by atoms with E-state index in [1.165, 1.54) is 3.22 Å². The molecule has 30 heavy (non-hydrogen) atoms. The van der Waals surface area contributed by atoms with Crippen molar-refractivity contribution in [3.8, 4) is 22.8 Å². The van der Waals surface area contributed by atoms with E-state index in [9.17, 15) is 10.2 Å². The van der Waals surface area contributed by atoms with E-state index in [2.05, 4.69) is 19.6 Å². The predicted molar refractivity (Wildman–Crippen MR) is 118 cm³/mol. The van der Waals surface area contributed by atoms with E-state index in [-0.39, 0.29) is 13.2 Å². The summed E-state index contributed by atoms with van der Waals surface area (Å²) in [5.41, 5.74) is 8.88. The molecular formula is C21H23ClN4O3Po. The van der Waals surface area contributed by atoms with Gasteiger partial charge < -0.3 is 15.9 Å². The number of aromatic nitrogens is 2. The van der Waals surface area contributed by atoms with Crippen LogP contribution in [0.15, 0.2) is 40.9 Å². The molecule has 0 bridgehead atoms. The molecule has 2 heterocycles. The Kier molecular flexibility index (Phi) is 6.43. The van der Waals surface area contributed by atoms with Crippen LogP contribution >= 0.6 is 11.6 Å². The van der Waals surface area contributed by atoms with Crippen molar-refractivity contribution < 1.29 is 14.7 Å². The van der Waals surface area contributed by atoms with Crippen LogP contribution in [0.5, 0.6) is 0 Å². The standard InChI is InChI=1S/C20H20ClN4O3.CH3.Po/c21-14-4-1-3-13(9-14)19-23-18(24-28-19)16-5-2-6-17-15(16)7-8-25(17)10-20(22,11-26)12-27;;/h1-3,5-6,9,26-27H,7-8,10-12,22H2;1H3;. The van der Waals surface area contributed by atoms with Gasteiger partial charge in [-0.25, -0.2) is 0 Å². The molecule has 1 aromatic heterocycles. The summed E-state index contributed by atoms with van der Waals surface area (Å²) in [4.78, 5) is 6.69. The molecule has 0 saturated carbocycles. The summed E-state index contributed by atoms with van der Waals surface area (Å²) in [5, 5.41) is 24.0. The van der Waals surface area contributed by atoms with E-state index >= 15 is 0 Å². The average Bonchev–Trinajstić information content (AvgIpc) is 3.41. The summed E-state index contributed by atoms with van der Waals surface area (Å²) in [5.74, 6) is 0.965. The van der Waals surface area contributed by atoms with Crippen LogP contribution in [0.3, 0.4) is 0 Å². The Morgan fingerprint density at radius 3 is 2.77 bits per heavy atom. The van der Waals surface area contributed by atoms with Crippen LogP contribution < -0.4 is 13.9 Å². The van der Waals surface area contributed by atoms with Gasteiger partial charge in [0.1, 0.15) is 0 Å². The number of hydrogen-bond acceptors (Lipinski definition) is 7. The van der Waals surface area contributed by atoms with Crippen LogP contribution in [0.4, 0.5) is 5.69 Å². The van der Waals surface area contributed by atoms with Gasteiger partial charge in [-0.15, -0.1) is 0 Å². The Morgan fingerprint density at radius 1 is 1.27 bits per heavy atom. The molecule has 3 aromatic rings. The number of aliphatic hydroxyl groups excluding tert-OH is 2. The van der Waals surface area contributed by atoms with Gasteiger partial charge in [-0.3, -0.25) is 0 Å². The Bertz CT molecular complexity index is 1050. The molecular weight excluding hydrogens is 601 g/mol. The second-order valence-corrected chi connectivity index (χ2v) is 11.1. The van der Waals surface area contributed by atoms with E-state index in [1.54, 1.807) is 0 Å². The molecule has 9 heteroatoms. The number of aliphatic hydroxyl groups is 2. The fraction of sp³-hybridized carbons (Fsp3) is 0.333. The number of nitrogens with two attached hydrogens (primary N) is 1. The molecule has 0 spiro atoms. The molecule has 0 amide bonds. The average molecular weight is 624 g/mol. The summed E-state index contributed by atoms with van der Waals surface area (Å²) in [6.45, 7) is 0.534. The summed E-state index contributed by atoms with van der Waals surface area (Å²) in [7, 11) is 0. The molecule has 158 valence electrons. The van der Waals surface area contributed by atoms with Crippen LogP contribution in [-0.2, 0) is 6.42 Å². The molecule has 7 nitrogen and oxygen atoms in total. The van der Waals surface area contributed by atoms with Crippen LogP contribution in [0, 0.1) is 0 Å². The summed E-state index contributed by atoms with van der Waals surface area (Å²) in [6.07, 6.45) is 0.797. The van der Waals surface area contributed by atoms with Crippen LogP contribution in [-0.4, -0.2) is 75.8 Å². The second-order valence-electron chi connectivity index (χ2n) is 7.43. The van der Waals surface area contributed by atoms with Crippen molar-refractivity contribution in [2.45, 2.75) is 16.5 Å². The van der Waals surface area contributed by atoms with Crippen molar-refractivity contribution >= 4 is 44.1 Å². The van der Waals surface area contributed by atoms with E-state index in [1.807, 2.05) is 36.4 Å². The van der Waals surface area contributed by atoms with Gasteiger partial charge in [0.2, 0.25) is 0 Å². The number of hydrogen-bond donors (Lipinski definition) is 3. The van der Waals surface area contributed by atoms with Crippen molar-refractivity contribution in [3.05, 3.63) is 47.0 Å². The molecule has 0 radical (unpaired) electrons. The van der Waals surface area contributed by atoms with Crippen LogP contribution in [0.1, 0.15) is 5.56 Å². The van der Waals surface area contributed by atoms with Crippen LogP contribution in [0.25, 0.3) is 22.8 Å².